The van der Waals surface area contributed by atoms with E-state index in [2.05, 4.69) is 25.8 Å². The number of halogens is 6. The molecule has 0 spiro atoms. The van der Waals surface area contributed by atoms with E-state index in [1.54, 1.807) is 12.1 Å². The van der Waals surface area contributed by atoms with Gasteiger partial charge in [0.2, 0.25) is 5.41 Å². The highest BCUT2D eigenvalue weighted by molar-refractivity contribution is 5.88. The van der Waals surface area contributed by atoms with Crippen LogP contribution in [0.3, 0.4) is 0 Å². The van der Waals surface area contributed by atoms with Gasteiger partial charge in [-0.25, -0.2) is 4.98 Å². The van der Waals surface area contributed by atoms with Crippen molar-refractivity contribution < 1.29 is 26.3 Å². The monoisotopic (exact) mass is 485 g/mol. The van der Waals surface area contributed by atoms with Gasteiger partial charge >= 0.3 is 12.4 Å². The Bertz CT molecular complexity index is 1440. The van der Waals surface area contributed by atoms with Gasteiger partial charge in [-0.1, -0.05) is 75.4 Å². The molecule has 1 aromatic heterocycles. The Kier molecular flexibility index (Phi) is 4.90. The van der Waals surface area contributed by atoms with Crippen molar-refractivity contribution in [2.45, 2.75) is 44.0 Å². The average Bonchev–Trinajstić information content (AvgIpc) is 3.08. The summed E-state index contributed by atoms with van der Waals surface area (Å²) >= 11 is 0. The number of benzene rings is 3. The maximum atomic E-state index is 14.4. The van der Waals surface area contributed by atoms with Crippen LogP contribution in [0, 0.1) is 0 Å². The van der Waals surface area contributed by atoms with Crippen molar-refractivity contribution in [3.05, 3.63) is 89.5 Å². The topological polar surface area (TPSA) is 12.9 Å². The van der Waals surface area contributed by atoms with Gasteiger partial charge in [-0.2, -0.15) is 26.3 Å². The van der Waals surface area contributed by atoms with Gasteiger partial charge < -0.3 is 0 Å². The summed E-state index contributed by atoms with van der Waals surface area (Å²) in [6.45, 7) is 6.17. The van der Waals surface area contributed by atoms with Crippen LogP contribution in [0.1, 0.15) is 37.5 Å². The van der Waals surface area contributed by atoms with E-state index in [9.17, 15) is 26.3 Å². The van der Waals surface area contributed by atoms with E-state index in [0.717, 1.165) is 23.1 Å². The van der Waals surface area contributed by atoms with Gasteiger partial charge in [0.25, 0.3) is 0 Å². The molecular formula is C28H21F6N. The summed E-state index contributed by atoms with van der Waals surface area (Å²) in [4.78, 5) is 4.60. The first-order valence-corrected chi connectivity index (χ1v) is 11.1. The number of hydrogen-bond acceptors (Lipinski definition) is 1. The quantitative estimate of drug-likeness (QED) is 0.246. The Morgan fingerprint density at radius 2 is 1.31 bits per heavy atom. The second kappa shape index (κ2) is 7.33. The molecule has 1 aliphatic carbocycles. The summed E-state index contributed by atoms with van der Waals surface area (Å²) in [5.74, 6) is 0. The number of rotatable bonds is 1. The highest BCUT2D eigenvalue weighted by atomic mass is 19.4. The third kappa shape index (κ3) is 3.27. The first-order chi connectivity index (χ1) is 16.3. The van der Waals surface area contributed by atoms with Crippen LogP contribution in [0.15, 0.2) is 72.8 Å². The number of fused-ring (bicyclic) bond motifs is 4. The second-order valence-corrected chi connectivity index (χ2v) is 9.87. The zero-order chi connectivity index (χ0) is 25.4. The van der Waals surface area contributed by atoms with Gasteiger partial charge in [-0.3, -0.25) is 0 Å². The first-order valence-electron chi connectivity index (χ1n) is 11.1. The fraction of sp³-hybridized carbons (Fsp3) is 0.250. The fourth-order valence-electron chi connectivity index (χ4n) is 5.18. The van der Waals surface area contributed by atoms with Crippen LogP contribution in [-0.2, 0) is 10.8 Å². The molecule has 0 radical (unpaired) electrons. The van der Waals surface area contributed by atoms with E-state index in [1.807, 2.05) is 18.2 Å². The van der Waals surface area contributed by atoms with Crippen LogP contribution in [0.25, 0.3) is 33.3 Å². The second-order valence-electron chi connectivity index (χ2n) is 9.87. The standard InChI is InChI=1S/C28H21F6N/c1-25(2,3)20-9-6-10-24-19(20)13-14-23(35-24)16-11-12-18-17-7-4-5-8-21(17)26(22(18)15-16,27(29,30)31)28(32,33)34/h4-15H,1-3H3. The van der Waals surface area contributed by atoms with Gasteiger partial charge in [0.05, 0.1) is 11.2 Å². The smallest absolute Gasteiger partial charge is 0.248 e. The molecule has 180 valence electrons. The SMILES string of the molecule is CC(C)(C)c1cccc2nc(-c3ccc4c(c3)C(C(F)(F)F)(C(F)(F)F)c3ccccc3-4)ccc12. The Balaban J connectivity index is 1.76. The molecule has 1 nitrogen and oxygen atoms in total. The van der Waals surface area contributed by atoms with Crippen LogP contribution in [0.5, 0.6) is 0 Å². The van der Waals surface area contributed by atoms with Crippen molar-refractivity contribution in [1.29, 1.82) is 0 Å². The first kappa shape index (κ1) is 23.4. The molecular weight excluding hydrogens is 464 g/mol. The molecule has 0 atom stereocenters. The highest BCUT2D eigenvalue weighted by Crippen LogP contribution is 2.63. The minimum Gasteiger partial charge on any atom is -0.248 e. The summed E-state index contributed by atoms with van der Waals surface area (Å²) in [7, 11) is 0. The van der Waals surface area contributed by atoms with E-state index >= 15 is 0 Å². The molecule has 1 aliphatic rings. The lowest BCUT2D eigenvalue weighted by Gasteiger charge is -2.36. The van der Waals surface area contributed by atoms with Crippen LogP contribution >= 0.6 is 0 Å². The molecule has 0 bridgehead atoms. The summed E-state index contributed by atoms with van der Waals surface area (Å²) in [5, 5.41) is 0.886. The van der Waals surface area contributed by atoms with Gasteiger partial charge in [0, 0.05) is 10.9 Å². The van der Waals surface area contributed by atoms with Crippen molar-refractivity contribution in [1.82, 2.24) is 4.98 Å². The van der Waals surface area contributed by atoms with Gasteiger partial charge in [0.15, 0.2) is 0 Å². The number of hydrogen-bond donors (Lipinski definition) is 0. The number of alkyl halides is 6. The molecule has 0 amide bonds. The van der Waals surface area contributed by atoms with Crippen molar-refractivity contribution in [3.63, 3.8) is 0 Å². The van der Waals surface area contributed by atoms with Crippen LogP contribution in [0.4, 0.5) is 26.3 Å². The Morgan fingerprint density at radius 1 is 0.657 bits per heavy atom. The summed E-state index contributed by atoms with van der Waals surface area (Å²) < 4.78 is 86.6. The Morgan fingerprint density at radius 3 is 1.97 bits per heavy atom. The van der Waals surface area contributed by atoms with Crippen molar-refractivity contribution in [3.8, 4) is 22.4 Å². The van der Waals surface area contributed by atoms with E-state index < -0.39 is 28.9 Å². The predicted octanol–water partition coefficient (Wildman–Crippen LogP) is 8.59. The Hall–Kier alpha value is -3.35. The number of pyridine rings is 1. The third-order valence-corrected chi connectivity index (χ3v) is 6.73. The molecule has 3 aromatic carbocycles. The molecule has 35 heavy (non-hydrogen) atoms. The zero-order valence-corrected chi connectivity index (χ0v) is 19.1. The van der Waals surface area contributed by atoms with Crippen LogP contribution in [-0.4, -0.2) is 17.3 Å². The van der Waals surface area contributed by atoms with Crippen molar-refractivity contribution >= 4 is 10.9 Å². The van der Waals surface area contributed by atoms with Crippen LogP contribution in [0.2, 0.25) is 0 Å². The lowest BCUT2D eigenvalue weighted by Crippen LogP contribution is -2.53. The average molecular weight is 485 g/mol. The maximum Gasteiger partial charge on any atom is 0.411 e. The lowest BCUT2D eigenvalue weighted by atomic mass is 9.76. The van der Waals surface area contributed by atoms with Crippen LogP contribution < -0.4 is 0 Å². The molecule has 0 fully saturated rings. The fourth-order valence-corrected chi connectivity index (χ4v) is 5.18. The van der Waals surface area contributed by atoms with Crippen molar-refractivity contribution in [2.24, 2.45) is 0 Å². The molecule has 7 heteroatoms. The van der Waals surface area contributed by atoms with Gasteiger partial charge in [-0.05, 0) is 51.4 Å². The van der Waals surface area contributed by atoms with Crippen molar-refractivity contribution in [2.75, 3.05) is 0 Å². The number of nitrogens with zero attached hydrogens (tertiary/aromatic N) is 1. The van der Waals surface area contributed by atoms with Gasteiger partial charge in [0.1, 0.15) is 0 Å². The summed E-state index contributed by atoms with van der Waals surface area (Å²) in [6.07, 6.45) is -11.2. The zero-order valence-electron chi connectivity index (χ0n) is 19.1. The van der Waals surface area contributed by atoms with E-state index in [0.29, 0.717) is 11.2 Å². The molecule has 0 unspecified atom stereocenters. The lowest BCUT2D eigenvalue weighted by molar-refractivity contribution is -0.287. The van der Waals surface area contributed by atoms with E-state index in [4.69, 9.17) is 0 Å². The Labute approximate surface area is 198 Å². The molecule has 0 aliphatic heterocycles. The third-order valence-electron chi connectivity index (χ3n) is 6.73. The molecule has 0 N–H and O–H groups in total. The number of aromatic nitrogens is 1. The molecule has 0 saturated carbocycles. The molecule has 4 aromatic rings. The molecule has 0 saturated heterocycles. The minimum absolute atomic E-state index is 0.0648. The summed E-state index contributed by atoms with van der Waals surface area (Å²) in [6, 6.07) is 17.8. The molecule has 5 rings (SSSR count). The molecule has 1 heterocycles. The predicted molar refractivity (Wildman–Crippen MR) is 124 cm³/mol. The maximum absolute atomic E-state index is 14.4. The van der Waals surface area contributed by atoms with E-state index in [1.165, 1.54) is 30.3 Å². The normalized spacial score (nSPS) is 15.2. The van der Waals surface area contributed by atoms with Gasteiger partial charge in [-0.15, -0.1) is 0 Å². The highest BCUT2D eigenvalue weighted by Gasteiger charge is 2.75. The largest absolute Gasteiger partial charge is 0.411 e. The minimum atomic E-state index is -5.59. The van der Waals surface area contributed by atoms with E-state index in [-0.39, 0.29) is 22.1 Å². The summed E-state index contributed by atoms with van der Waals surface area (Å²) in [5.41, 5.74) is -3.87.